The van der Waals surface area contributed by atoms with E-state index in [1.54, 1.807) is 6.20 Å². The third-order valence-electron chi connectivity index (χ3n) is 5.12. The van der Waals surface area contributed by atoms with E-state index in [2.05, 4.69) is 20.9 Å². The first-order valence-corrected chi connectivity index (χ1v) is 12.1. The number of nitrogens with two attached hydrogens (primary N) is 1. The van der Waals surface area contributed by atoms with E-state index in [-0.39, 0.29) is 12.8 Å². The number of carbonyl (C=O) groups is 5. The summed E-state index contributed by atoms with van der Waals surface area (Å²) in [4.78, 5) is 63.0. The largest absolute Gasteiger partial charge is 0.481 e. The zero-order valence-electron chi connectivity index (χ0n) is 19.1. The fourth-order valence-corrected chi connectivity index (χ4v) is 3.82. The van der Waals surface area contributed by atoms with E-state index in [0.717, 1.165) is 10.9 Å². The van der Waals surface area contributed by atoms with Gasteiger partial charge >= 0.3 is 11.9 Å². The second-order valence-electron chi connectivity index (χ2n) is 7.78. The van der Waals surface area contributed by atoms with Crippen molar-refractivity contribution in [2.24, 2.45) is 5.73 Å². The number of para-hydroxylation sites is 1. The number of aromatic amines is 1. The van der Waals surface area contributed by atoms with Crippen LogP contribution in [0, 0.1) is 0 Å². The second kappa shape index (κ2) is 13.3. The number of aromatic nitrogens is 1. The topological polar surface area (TPSA) is 204 Å². The zero-order chi connectivity index (χ0) is 26.0. The standard InChI is InChI=1S/C22H29N5O7S/c1-35-7-6-16(21(33)25-11-19(30)31)26-22(34)17(27-20(32)14(23)9-18(28)29)8-12-10-24-15-5-3-2-4-13(12)15/h2-5,10,14,16-17,24H,6-9,11,23H2,1H3,(H,25,33)(H,26,34)(H,27,32)(H,28,29)(H,30,31). The minimum atomic E-state index is -1.38. The number of nitrogens with one attached hydrogen (secondary N) is 4. The van der Waals surface area contributed by atoms with Gasteiger partial charge in [-0.15, -0.1) is 0 Å². The van der Waals surface area contributed by atoms with Crippen molar-refractivity contribution in [1.82, 2.24) is 20.9 Å². The minimum absolute atomic E-state index is 0.0351. The molecule has 1 heterocycles. The number of carboxylic acids is 2. The lowest BCUT2D eigenvalue weighted by Crippen LogP contribution is -2.57. The van der Waals surface area contributed by atoms with Crippen molar-refractivity contribution >= 4 is 52.3 Å². The molecule has 12 nitrogen and oxygen atoms in total. The highest BCUT2D eigenvalue weighted by Crippen LogP contribution is 2.19. The van der Waals surface area contributed by atoms with Crippen LogP contribution in [0.15, 0.2) is 30.5 Å². The van der Waals surface area contributed by atoms with Gasteiger partial charge in [-0.2, -0.15) is 11.8 Å². The van der Waals surface area contributed by atoms with E-state index in [1.165, 1.54) is 11.8 Å². The molecule has 1 aromatic carbocycles. The summed E-state index contributed by atoms with van der Waals surface area (Å²) in [6, 6.07) is 3.76. The monoisotopic (exact) mass is 507 g/mol. The molecule has 190 valence electrons. The maximum atomic E-state index is 13.2. The Hall–Kier alpha value is -3.58. The quantitative estimate of drug-likeness (QED) is 0.175. The Bertz CT molecular complexity index is 1070. The van der Waals surface area contributed by atoms with Crippen molar-refractivity contribution in [2.75, 3.05) is 18.6 Å². The predicted molar refractivity (Wildman–Crippen MR) is 130 cm³/mol. The summed E-state index contributed by atoms with van der Waals surface area (Å²) in [7, 11) is 0. The Morgan fingerprint density at radius 3 is 2.34 bits per heavy atom. The Kier molecular flexibility index (Phi) is 10.5. The van der Waals surface area contributed by atoms with Crippen LogP contribution in [0.1, 0.15) is 18.4 Å². The molecule has 8 N–H and O–H groups in total. The van der Waals surface area contributed by atoms with Crippen LogP contribution in [0.5, 0.6) is 0 Å². The molecule has 0 radical (unpaired) electrons. The van der Waals surface area contributed by atoms with Gasteiger partial charge in [-0.25, -0.2) is 0 Å². The molecule has 3 amide bonds. The molecule has 0 saturated heterocycles. The molecule has 0 fully saturated rings. The number of carbonyl (C=O) groups excluding carboxylic acids is 3. The van der Waals surface area contributed by atoms with Crippen molar-refractivity contribution in [2.45, 2.75) is 37.4 Å². The molecule has 2 rings (SSSR count). The van der Waals surface area contributed by atoms with Gasteiger partial charge in [0.15, 0.2) is 0 Å². The molecule has 0 aliphatic carbocycles. The molecule has 3 unspecified atom stereocenters. The smallest absolute Gasteiger partial charge is 0.322 e. The highest BCUT2D eigenvalue weighted by atomic mass is 32.2. The minimum Gasteiger partial charge on any atom is -0.481 e. The van der Waals surface area contributed by atoms with Crippen LogP contribution >= 0.6 is 11.8 Å². The second-order valence-corrected chi connectivity index (χ2v) is 8.77. The molecule has 2 aromatic rings. The van der Waals surface area contributed by atoms with Crippen LogP contribution in [0.25, 0.3) is 10.9 Å². The zero-order valence-corrected chi connectivity index (χ0v) is 19.9. The number of H-pyrrole nitrogens is 1. The fraction of sp³-hybridized carbons (Fsp3) is 0.409. The van der Waals surface area contributed by atoms with Gasteiger partial charge < -0.3 is 36.9 Å². The van der Waals surface area contributed by atoms with E-state index in [4.69, 9.17) is 15.9 Å². The fourth-order valence-electron chi connectivity index (χ4n) is 3.35. The first kappa shape index (κ1) is 27.7. The molecule has 0 saturated carbocycles. The van der Waals surface area contributed by atoms with Crippen molar-refractivity contribution < 1.29 is 34.2 Å². The Morgan fingerprint density at radius 1 is 1.00 bits per heavy atom. The normalized spacial score (nSPS) is 13.4. The summed E-state index contributed by atoms with van der Waals surface area (Å²) in [5, 5.41) is 25.9. The molecule has 0 bridgehead atoms. The van der Waals surface area contributed by atoms with Crippen LogP contribution in [0.3, 0.4) is 0 Å². The molecule has 13 heteroatoms. The summed E-state index contributed by atoms with van der Waals surface area (Å²) in [5.41, 5.74) is 7.19. The van der Waals surface area contributed by atoms with Gasteiger partial charge in [-0.1, -0.05) is 18.2 Å². The highest BCUT2D eigenvalue weighted by molar-refractivity contribution is 7.98. The molecular weight excluding hydrogens is 478 g/mol. The number of thioether (sulfide) groups is 1. The highest BCUT2D eigenvalue weighted by Gasteiger charge is 2.29. The summed E-state index contributed by atoms with van der Waals surface area (Å²) in [6.45, 7) is -0.607. The van der Waals surface area contributed by atoms with Gasteiger partial charge in [0, 0.05) is 23.5 Å². The van der Waals surface area contributed by atoms with Crippen molar-refractivity contribution in [1.29, 1.82) is 0 Å². The summed E-state index contributed by atoms with van der Waals surface area (Å²) >= 11 is 1.44. The van der Waals surface area contributed by atoms with Crippen molar-refractivity contribution in [3.05, 3.63) is 36.0 Å². The van der Waals surface area contributed by atoms with Gasteiger partial charge in [0.05, 0.1) is 12.5 Å². The molecule has 0 aliphatic rings. The van der Waals surface area contributed by atoms with E-state index >= 15 is 0 Å². The van der Waals surface area contributed by atoms with Gasteiger partial charge in [0.25, 0.3) is 0 Å². The number of aliphatic carboxylic acids is 2. The average Bonchev–Trinajstić information content (AvgIpc) is 3.21. The number of hydrogen-bond acceptors (Lipinski definition) is 7. The first-order valence-electron chi connectivity index (χ1n) is 10.7. The van der Waals surface area contributed by atoms with Gasteiger partial charge in [0.1, 0.15) is 18.6 Å². The number of carboxylic acid groups (broad SMARTS) is 2. The lowest BCUT2D eigenvalue weighted by Gasteiger charge is -2.24. The lowest BCUT2D eigenvalue weighted by atomic mass is 10.0. The molecule has 3 atom stereocenters. The summed E-state index contributed by atoms with van der Waals surface area (Å²) < 4.78 is 0. The predicted octanol–water partition coefficient (Wildman–Crippen LogP) is -0.564. The first-order chi connectivity index (χ1) is 16.6. The summed E-state index contributed by atoms with van der Waals surface area (Å²) in [6.07, 6.45) is 3.15. The van der Waals surface area contributed by atoms with Crippen LogP contribution < -0.4 is 21.7 Å². The number of benzene rings is 1. The van der Waals surface area contributed by atoms with E-state index in [1.807, 2.05) is 30.5 Å². The third-order valence-corrected chi connectivity index (χ3v) is 5.76. The van der Waals surface area contributed by atoms with Crippen LogP contribution in [-0.4, -0.2) is 81.5 Å². The van der Waals surface area contributed by atoms with Gasteiger partial charge in [0.2, 0.25) is 17.7 Å². The van der Waals surface area contributed by atoms with E-state index in [0.29, 0.717) is 11.3 Å². The SMILES string of the molecule is CSCCC(NC(=O)C(Cc1c[nH]c2ccccc12)NC(=O)C(N)CC(=O)O)C(=O)NCC(=O)O. The number of rotatable bonds is 14. The molecule has 1 aromatic heterocycles. The average molecular weight is 508 g/mol. The number of amides is 3. The van der Waals surface area contributed by atoms with Crippen LogP contribution in [-0.2, 0) is 30.4 Å². The Morgan fingerprint density at radius 2 is 1.69 bits per heavy atom. The number of fused-ring (bicyclic) bond motifs is 1. The summed E-state index contributed by atoms with van der Waals surface area (Å²) in [5.74, 6) is -4.18. The Balaban J connectivity index is 2.25. The maximum Gasteiger partial charge on any atom is 0.322 e. The van der Waals surface area contributed by atoms with E-state index < -0.39 is 60.8 Å². The van der Waals surface area contributed by atoms with Gasteiger partial charge in [-0.05, 0) is 30.1 Å². The Labute approximate surface area is 205 Å². The lowest BCUT2D eigenvalue weighted by molar-refractivity contribution is -0.139. The molecule has 35 heavy (non-hydrogen) atoms. The van der Waals surface area contributed by atoms with Crippen LogP contribution in [0.4, 0.5) is 0 Å². The van der Waals surface area contributed by atoms with Gasteiger partial charge in [-0.3, -0.25) is 24.0 Å². The maximum absolute atomic E-state index is 13.2. The van der Waals surface area contributed by atoms with E-state index in [9.17, 15) is 24.0 Å². The molecular formula is C22H29N5O7S. The molecule has 0 aliphatic heterocycles. The van der Waals surface area contributed by atoms with Crippen molar-refractivity contribution in [3.8, 4) is 0 Å². The van der Waals surface area contributed by atoms with Crippen molar-refractivity contribution in [3.63, 3.8) is 0 Å². The third kappa shape index (κ3) is 8.61. The number of hydrogen-bond donors (Lipinski definition) is 7. The van der Waals surface area contributed by atoms with Crippen LogP contribution in [0.2, 0.25) is 0 Å². The molecule has 0 spiro atoms.